The van der Waals surface area contributed by atoms with Crippen LogP contribution in [0.4, 0.5) is 5.13 Å². The molecule has 0 bridgehead atoms. The van der Waals surface area contributed by atoms with Crippen molar-refractivity contribution in [1.82, 2.24) is 4.98 Å². The average molecular weight is 300 g/mol. The molecule has 3 nitrogen and oxygen atoms in total. The predicted molar refractivity (Wildman–Crippen MR) is 86.8 cm³/mol. The van der Waals surface area contributed by atoms with E-state index >= 15 is 0 Å². The van der Waals surface area contributed by atoms with Crippen molar-refractivity contribution in [2.75, 3.05) is 5.32 Å². The number of benzene rings is 1. The first-order valence-electron chi connectivity index (χ1n) is 7.44. The monoisotopic (exact) mass is 300 g/mol. The molecule has 4 heteroatoms. The Morgan fingerprint density at radius 2 is 2.24 bits per heavy atom. The third kappa shape index (κ3) is 3.32. The molecular formula is C17H20N2OS. The molecule has 1 aromatic carbocycles. The molecule has 0 spiro atoms. The van der Waals surface area contributed by atoms with Gasteiger partial charge in [0.1, 0.15) is 0 Å². The van der Waals surface area contributed by atoms with Gasteiger partial charge in [0.2, 0.25) is 5.91 Å². The second kappa shape index (κ2) is 5.98. The Bertz CT molecular complexity index is 663. The number of carbonyl (C=O) groups excluding carboxylic acids is 1. The molecule has 0 fully saturated rings. The molecule has 1 atom stereocenters. The minimum atomic E-state index is 0.0171. The van der Waals surface area contributed by atoms with Gasteiger partial charge in [-0.1, -0.05) is 31.2 Å². The van der Waals surface area contributed by atoms with Gasteiger partial charge in [0.05, 0.1) is 12.1 Å². The van der Waals surface area contributed by atoms with Crippen LogP contribution in [0.25, 0.3) is 0 Å². The fraction of sp³-hybridized carbons (Fsp3) is 0.412. The number of fused-ring (bicyclic) bond motifs is 1. The number of aromatic nitrogens is 1. The van der Waals surface area contributed by atoms with Gasteiger partial charge in [0.15, 0.2) is 5.13 Å². The van der Waals surface area contributed by atoms with E-state index in [-0.39, 0.29) is 5.91 Å². The number of nitrogens with one attached hydrogen (secondary N) is 1. The molecule has 1 aliphatic carbocycles. The van der Waals surface area contributed by atoms with Crippen LogP contribution in [-0.4, -0.2) is 10.9 Å². The minimum absolute atomic E-state index is 0.0171. The van der Waals surface area contributed by atoms with Crippen LogP contribution in [0.15, 0.2) is 24.3 Å². The predicted octanol–water partition coefficient (Wildman–Crippen LogP) is 3.76. The largest absolute Gasteiger partial charge is 0.302 e. The summed E-state index contributed by atoms with van der Waals surface area (Å²) in [7, 11) is 0. The van der Waals surface area contributed by atoms with Crippen molar-refractivity contribution in [1.29, 1.82) is 0 Å². The maximum Gasteiger partial charge on any atom is 0.230 e. The van der Waals surface area contributed by atoms with E-state index in [9.17, 15) is 4.79 Å². The highest BCUT2D eigenvalue weighted by Crippen LogP contribution is 2.32. The van der Waals surface area contributed by atoms with E-state index in [1.54, 1.807) is 11.3 Å². The number of rotatable bonds is 3. The Hall–Kier alpha value is -1.68. The maximum atomic E-state index is 12.2. The van der Waals surface area contributed by atoms with Crippen molar-refractivity contribution < 1.29 is 4.79 Å². The first-order valence-corrected chi connectivity index (χ1v) is 8.26. The molecule has 1 aliphatic rings. The highest BCUT2D eigenvalue weighted by molar-refractivity contribution is 7.15. The lowest BCUT2D eigenvalue weighted by Gasteiger charge is -2.15. The number of aryl methyl sites for hydroxylation is 2. The molecule has 1 aromatic heterocycles. The lowest BCUT2D eigenvalue weighted by molar-refractivity contribution is -0.115. The van der Waals surface area contributed by atoms with Gasteiger partial charge in [-0.05, 0) is 43.2 Å². The SMILES string of the molecule is Cc1ccccc1CC(=O)Nc1nc2c(s1)C[C@@H](C)CC2. The summed E-state index contributed by atoms with van der Waals surface area (Å²) in [5.74, 6) is 0.747. The summed E-state index contributed by atoms with van der Waals surface area (Å²) in [6.45, 7) is 4.31. The van der Waals surface area contributed by atoms with Gasteiger partial charge in [-0.2, -0.15) is 0 Å². The number of anilines is 1. The Morgan fingerprint density at radius 1 is 1.43 bits per heavy atom. The zero-order valence-electron chi connectivity index (χ0n) is 12.5. The van der Waals surface area contributed by atoms with Gasteiger partial charge in [-0.25, -0.2) is 4.98 Å². The van der Waals surface area contributed by atoms with Crippen molar-refractivity contribution in [3.05, 3.63) is 46.0 Å². The van der Waals surface area contributed by atoms with Crippen LogP contribution in [0.3, 0.4) is 0 Å². The van der Waals surface area contributed by atoms with Crippen LogP contribution >= 0.6 is 11.3 Å². The molecule has 0 saturated carbocycles. The molecular weight excluding hydrogens is 280 g/mol. The summed E-state index contributed by atoms with van der Waals surface area (Å²) in [5.41, 5.74) is 3.41. The van der Waals surface area contributed by atoms with Crippen molar-refractivity contribution in [3.63, 3.8) is 0 Å². The lowest BCUT2D eigenvalue weighted by Crippen LogP contribution is -2.15. The Balaban J connectivity index is 1.67. The second-order valence-corrected chi connectivity index (χ2v) is 6.97. The van der Waals surface area contributed by atoms with E-state index in [0.717, 1.165) is 35.0 Å². The van der Waals surface area contributed by atoms with Crippen LogP contribution in [0.5, 0.6) is 0 Å². The third-order valence-corrected chi connectivity index (χ3v) is 5.08. The van der Waals surface area contributed by atoms with Gasteiger partial charge in [-0.3, -0.25) is 4.79 Å². The normalized spacial score (nSPS) is 17.3. The van der Waals surface area contributed by atoms with Crippen LogP contribution in [-0.2, 0) is 24.1 Å². The molecule has 21 heavy (non-hydrogen) atoms. The average Bonchev–Trinajstić information content (AvgIpc) is 2.82. The smallest absolute Gasteiger partial charge is 0.230 e. The van der Waals surface area contributed by atoms with Crippen LogP contribution < -0.4 is 5.32 Å². The zero-order chi connectivity index (χ0) is 14.8. The van der Waals surface area contributed by atoms with Crippen LogP contribution in [0.2, 0.25) is 0 Å². The molecule has 0 unspecified atom stereocenters. The fourth-order valence-electron chi connectivity index (χ4n) is 2.74. The number of thiazole rings is 1. The molecule has 1 heterocycles. The minimum Gasteiger partial charge on any atom is -0.302 e. The van der Waals surface area contributed by atoms with E-state index in [1.807, 2.05) is 31.2 Å². The van der Waals surface area contributed by atoms with E-state index in [2.05, 4.69) is 17.2 Å². The van der Waals surface area contributed by atoms with E-state index in [0.29, 0.717) is 6.42 Å². The van der Waals surface area contributed by atoms with Crippen molar-refractivity contribution in [2.45, 2.75) is 39.5 Å². The number of amides is 1. The quantitative estimate of drug-likeness (QED) is 0.938. The first kappa shape index (κ1) is 14.3. The molecule has 0 radical (unpaired) electrons. The highest BCUT2D eigenvalue weighted by atomic mass is 32.1. The number of hydrogen-bond donors (Lipinski definition) is 1. The van der Waals surface area contributed by atoms with Gasteiger partial charge in [-0.15, -0.1) is 11.3 Å². The van der Waals surface area contributed by atoms with Crippen LogP contribution in [0, 0.1) is 12.8 Å². The van der Waals surface area contributed by atoms with Gasteiger partial charge < -0.3 is 5.32 Å². The third-order valence-electron chi connectivity index (χ3n) is 4.04. The van der Waals surface area contributed by atoms with Crippen molar-refractivity contribution >= 4 is 22.4 Å². The van der Waals surface area contributed by atoms with Crippen molar-refractivity contribution in [2.24, 2.45) is 5.92 Å². The molecule has 2 aromatic rings. The summed E-state index contributed by atoms with van der Waals surface area (Å²) >= 11 is 1.64. The van der Waals surface area contributed by atoms with Gasteiger partial charge in [0, 0.05) is 4.88 Å². The second-order valence-electron chi connectivity index (χ2n) is 5.89. The first-order chi connectivity index (χ1) is 10.1. The Morgan fingerprint density at radius 3 is 3.05 bits per heavy atom. The standard InChI is InChI=1S/C17H20N2OS/c1-11-7-8-14-15(9-11)21-17(18-14)19-16(20)10-13-6-4-3-5-12(13)2/h3-6,11H,7-10H2,1-2H3,(H,18,19,20)/t11-/m0/s1. The lowest BCUT2D eigenvalue weighted by atomic mass is 9.93. The van der Waals surface area contributed by atoms with E-state index in [1.165, 1.54) is 17.0 Å². The molecule has 0 aliphatic heterocycles. The maximum absolute atomic E-state index is 12.2. The summed E-state index contributed by atoms with van der Waals surface area (Å²) in [4.78, 5) is 18.1. The van der Waals surface area contributed by atoms with E-state index < -0.39 is 0 Å². The van der Waals surface area contributed by atoms with Crippen LogP contribution in [0.1, 0.15) is 35.0 Å². The van der Waals surface area contributed by atoms with Gasteiger partial charge >= 0.3 is 0 Å². The molecule has 1 amide bonds. The zero-order valence-corrected chi connectivity index (χ0v) is 13.3. The number of carbonyl (C=O) groups is 1. The summed E-state index contributed by atoms with van der Waals surface area (Å²) < 4.78 is 0. The molecule has 110 valence electrons. The Labute approximate surface area is 129 Å². The fourth-order valence-corrected chi connectivity index (χ4v) is 3.93. The molecule has 1 N–H and O–H groups in total. The highest BCUT2D eigenvalue weighted by Gasteiger charge is 2.20. The summed E-state index contributed by atoms with van der Waals surface area (Å²) in [5, 5.41) is 3.72. The van der Waals surface area contributed by atoms with E-state index in [4.69, 9.17) is 0 Å². The van der Waals surface area contributed by atoms with Gasteiger partial charge in [0.25, 0.3) is 0 Å². The topological polar surface area (TPSA) is 42.0 Å². The summed E-state index contributed by atoms with van der Waals surface area (Å²) in [6.07, 6.45) is 3.75. The number of hydrogen-bond acceptors (Lipinski definition) is 3. The van der Waals surface area contributed by atoms with Crippen molar-refractivity contribution in [3.8, 4) is 0 Å². The Kier molecular flexibility index (Phi) is 4.06. The summed E-state index contributed by atoms with van der Waals surface area (Å²) in [6, 6.07) is 8.00. The molecule has 3 rings (SSSR count). The molecule has 0 saturated heterocycles. The number of nitrogens with zero attached hydrogens (tertiary/aromatic N) is 1.